The lowest BCUT2D eigenvalue weighted by Crippen LogP contribution is -2.32. The molecule has 94 valence electrons. The Morgan fingerprint density at radius 2 is 2.18 bits per heavy atom. The summed E-state index contributed by atoms with van der Waals surface area (Å²) in [6, 6.07) is 1.63. The molecule has 1 aromatic carbocycles. The molecule has 0 heterocycles. The highest BCUT2D eigenvalue weighted by atomic mass is 19.1. The van der Waals surface area contributed by atoms with Crippen LogP contribution in [-0.4, -0.2) is 25.7 Å². The van der Waals surface area contributed by atoms with Gasteiger partial charge in [0.1, 0.15) is 5.82 Å². The summed E-state index contributed by atoms with van der Waals surface area (Å²) in [5, 5.41) is 2.42. The van der Waals surface area contributed by atoms with Crippen LogP contribution in [0, 0.1) is 11.6 Å². The van der Waals surface area contributed by atoms with E-state index in [1.165, 1.54) is 7.11 Å². The molecule has 1 amide bonds. The number of nitrogen functional groups attached to an aromatic ring is 1. The topological polar surface area (TPSA) is 64.3 Å². The highest BCUT2D eigenvalue weighted by Gasteiger charge is 2.16. The van der Waals surface area contributed by atoms with Crippen LogP contribution in [-0.2, 0) is 4.74 Å². The molecular weight excluding hydrogens is 230 g/mol. The average Bonchev–Trinajstić information content (AvgIpc) is 2.30. The van der Waals surface area contributed by atoms with Crippen molar-refractivity contribution in [1.29, 1.82) is 0 Å². The van der Waals surface area contributed by atoms with Gasteiger partial charge in [-0.05, 0) is 19.1 Å². The summed E-state index contributed by atoms with van der Waals surface area (Å²) in [5.74, 6) is -2.40. The number of anilines is 1. The molecule has 0 aliphatic rings. The molecule has 0 aliphatic carbocycles. The van der Waals surface area contributed by atoms with Gasteiger partial charge in [0.15, 0.2) is 5.82 Å². The Kier molecular flexibility index (Phi) is 4.39. The largest absolute Gasteiger partial charge is 0.396 e. The van der Waals surface area contributed by atoms with Crippen LogP contribution in [0.3, 0.4) is 0 Å². The van der Waals surface area contributed by atoms with E-state index in [1.807, 2.05) is 0 Å². The van der Waals surface area contributed by atoms with Gasteiger partial charge in [-0.25, -0.2) is 8.78 Å². The molecule has 4 nitrogen and oxygen atoms in total. The number of rotatable bonds is 4. The predicted octanol–water partition coefficient (Wildman–Crippen LogP) is 1.31. The third kappa shape index (κ3) is 3.39. The van der Waals surface area contributed by atoms with Crippen molar-refractivity contribution in [3.63, 3.8) is 0 Å². The van der Waals surface area contributed by atoms with Crippen LogP contribution in [0.4, 0.5) is 14.5 Å². The molecule has 0 fully saturated rings. The fourth-order valence-corrected chi connectivity index (χ4v) is 1.19. The smallest absolute Gasteiger partial charge is 0.254 e. The summed E-state index contributed by atoms with van der Waals surface area (Å²) < 4.78 is 31.3. The molecule has 0 saturated carbocycles. The van der Waals surface area contributed by atoms with Gasteiger partial charge in [0, 0.05) is 13.7 Å². The highest BCUT2D eigenvalue weighted by Crippen LogP contribution is 2.17. The van der Waals surface area contributed by atoms with E-state index in [0.717, 1.165) is 12.1 Å². The molecular formula is C11H14F2N2O2. The zero-order valence-electron chi connectivity index (χ0n) is 9.59. The second-order valence-corrected chi connectivity index (χ2v) is 3.61. The number of benzene rings is 1. The summed E-state index contributed by atoms with van der Waals surface area (Å²) in [6.45, 7) is 1.93. The number of carbonyl (C=O) groups is 1. The van der Waals surface area contributed by atoms with Gasteiger partial charge >= 0.3 is 0 Å². The van der Waals surface area contributed by atoms with E-state index >= 15 is 0 Å². The van der Waals surface area contributed by atoms with Crippen molar-refractivity contribution < 1.29 is 18.3 Å². The maximum Gasteiger partial charge on any atom is 0.254 e. The van der Waals surface area contributed by atoms with Crippen molar-refractivity contribution in [3.05, 3.63) is 29.3 Å². The number of halogens is 2. The summed E-state index contributed by atoms with van der Waals surface area (Å²) in [4.78, 5) is 11.6. The monoisotopic (exact) mass is 244 g/mol. The molecule has 0 spiro atoms. The van der Waals surface area contributed by atoms with Gasteiger partial charge in [0.2, 0.25) is 0 Å². The summed E-state index contributed by atoms with van der Waals surface area (Å²) >= 11 is 0. The molecule has 6 heteroatoms. The molecule has 0 radical (unpaired) electrons. The van der Waals surface area contributed by atoms with Crippen molar-refractivity contribution >= 4 is 11.6 Å². The SMILES string of the molecule is COC(C)CNC(=O)c1cc(F)cc(N)c1F. The molecule has 17 heavy (non-hydrogen) atoms. The lowest BCUT2D eigenvalue weighted by atomic mass is 10.1. The van der Waals surface area contributed by atoms with Gasteiger partial charge < -0.3 is 15.8 Å². The first kappa shape index (κ1) is 13.4. The van der Waals surface area contributed by atoms with Crippen molar-refractivity contribution in [2.75, 3.05) is 19.4 Å². The molecule has 0 aliphatic heterocycles. The van der Waals surface area contributed by atoms with Crippen LogP contribution in [0.15, 0.2) is 12.1 Å². The van der Waals surface area contributed by atoms with E-state index in [2.05, 4.69) is 5.32 Å². The summed E-state index contributed by atoms with van der Waals surface area (Å²) in [6.07, 6.45) is -0.215. The maximum absolute atomic E-state index is 13.5. The molecule has 1 unspecified atom stereocenters. The second kappa shape index (κ2) is 5.58. The molecule has 3 N–H and O–H groups in total. The molecule has 1 rings (SSSR count). The standard InChI is InChI=1S/C11H14F2N2O2/c1-6(17-2)5-15-11(16)8-3-7(12)4-9(14)10(8)13/h3-4,6H,5,14H2,1-2H3,(H,15,16). The Morgan fingerprint density at radius 3 is 2.76 bits per heavy atom. The van der Waals surface area contributed by atoms with Crippen molar-refractivity contribution in [2.24, 2.45) is 0 Å². The number of nitrogens with two attached hydrogens (primary N) is 1. The van der Waals surface area contributed by atoms with Crippen LogP contribution < -0.4 is 11.1 Å². The zero-order chi connectivity index (χ0) is 13.0. The molecule has 0 saturated heterocycles. The fourth-order valence-electron chi connectivity index (χ4n) is 1.19. The zero-order valence-corrected chi connectivity index (χ0v) is 9.59. The Balaban J connectivity index is 2.82. The first-order chi connectivity index (χ1) is 7.95. The Hall–Kier alpha value is -1.69. The van der Waals surface area contributed by atoms with Gasteiger partial charge in [0.25, 0.3) is 5.91 Å². The summed E-state index contributed by atoms with van der Waals surface area (Å²) in [5.41, 5.74) is 4.42. The quantitative estimate of drug-likeness (QED) is 0.785. The van der Waals surface area contributed by atoms with Crippen molar-refractivity contribution in [3.8, 4) is 0 Å². The van der Waals surface area contributed by atoms with Crippen LogP contribution in [0.5, 0.6) is 0 Å². The average molecular weight is 244 g/mol. The third-order valence-electron chi connectivity index (χ3n) is 2.26. The normalized spacial score (nSPS) is 12.2. The van der Waals surface area contributed by atoms with E-state index < -0.39 is 28.8 Å². The van der Waals surface area contributed by atoms with Crippen LogP contribution in [0.25, 0.3) is 0 Å². The third-order valence-corrected chi connectivity index (χ3v) is 2.26. The van der Waals surface area contributed by atoms with Crippen LogP contribution >= 0.6 is 0 Å². The Labute approximate surface area is 97.8 Å². The number of carbonyl (C=O) groups excluding carboxylic acids is 1. The number of methoxy groups -OCH3 is 1. The van der Waals surface area contributed by atoms with Gasteiger partial charge in [-0.15, -0.1) is 0 Å². The van der Waals surface area contributed by atoms with Gasteiger partial charge in [-0.1, -0.05) is 0 Å². The molecule has 1 atom stereocenters. The summed E-state index contributed by atoms with van der Waals surface area (Å²) in [7, 11) is 1.48. The van der Waals surface area contributed by atoms with E-state index in [4.69, 9.17) is 10.5 Å². The number of nitrogens with one attached hydrogen (secondary N) is 1. The minimum atomic E-state index is -0.922. The lowest BCUT2D eigenvalue weighted by molar-refractivity contribution is 0.0866. The molecule has 1 aromatic rings. The van der Waals surface area contributed by atoms with Crippen molar-refractivity contribution in [1.82, 2.24) is 5.32 Å². The minimum Gasteiger partial charge on any atom is -0.396 e. The van der Waals surface area contributed by atoms with E-state index in [0.29, 0.717) is 0 Å². The van der Waals surface area contributed by atoms with Gasteiger partial charge in [0.05, 0.1) is 17.4 Å². The van der Waals surface area contributed by atoms with Crippen LogP contribution in [0.2, 0.25) is 0 Å². The van der Waals surface area contributed by atoms with E-state index in [-0.39, 0.29) is 12.6 Å². The number of hydrogen-bond donors (Lipinski definition) is 2. The lowest BCUT2D eigenvalue weighted by Gasteiger charge is -2.11. The van der Waals surface area contributed by atoms with Crippen molar-refractivity contribution in [2.45, 2.75) is 13.0 Å². The fraction of sp³-hybridized carbons (Fsp3) is 0.364. The number of amides is 1. The molecule has 0 bridgehead atoms. The van der Waals surface area contributed by atoms with E-state index in [1.54, 1.807) is 6.92 Å². The minimum absolute atomic E-state index is 0.200. The number of ether oxygens (including phenoxy) is 1. The Bertz CT molecular complexity index is 424. The second-order valence-electron chi connectivity index (χ2n) is 3.61. The predicted molar refractivity (Wildman–Crippen MR) is 59.6 cm³/mol. The van der Waals surface area contributed by atoms with Gasteiger partial charge in [-0.3, -0.25) is 4.79 Å². The van der Waals surface area contributed by atoms with Crippen LogP contribution in [0.1, 0.15) is 17.3 Å². The van der Waals surface area contributed by atoms with Gasteiger partial charge in [-0.2, -0.15) is 0 Å². The maximum atomic E-state index is 13.5. The number of hydrogen-bond acceptors (Lipinski definition) is 3. The van der Waals surface area contributed by atoms with E-state index in [9.17, 15) is 13.6 Å². The Morgan fingerprint density at radius 1 is 1.53 bits per heavy atom. The first-order valence-electron chi connectivity index (χ1n) is 5.01. The highest BCUT2D eigenvalue weighted by molar-refractivity contribution is 5.95. The first-order valence-corrected chi connectivity index (χ1v) is 5.01. The molecule has 0 aromatic heterocycles.